The molecule has 1 N–H and O–H groups in total. The van der Waals surface area contributed by atoms with Gasteiger partial charge in [-0.15, -0.1) is 0 Å². The average molecular weight is 273 g/mol. The number of aryl methyl sites for hydroxylation is 1. The Morgan fingerprint density at radius 3 is 2.75 bits per heavy atom. The summed E-state index contributed by atoms with van der Waals surface area (Å²) >= 11 is 0. The summed E-state index contributed by atoms with van der Waals surface area (Å²) in [6, 6.07) is 6.74. The number of aromatic nitrogens is 2. The number of benzene rings is 1. The van der Waals surface area contributed by atoms with Crippen LogP contribution in [-0.4, -0.2) is 23.1 Å². The van der Waals surface area contributed by atoms with Gasteiger partial charge in [-0.1, -0.05) is 33.3 Å². The first-order valence-electron chi connectivity index (χ1n) is 7.81. The fourth-order valence-electron chi connectivity index (χ4n) is 2.55. The molecule has 1 aromatic carbocycles. The summed E-state index contributed by atoms with van der Waals surface area (Å²) in [6.07, 6.45) is 3.50. The van der Waals surface area contributed by atoms with Gasteiger partial charge < -0.3 is 9.88 Å². The van der Waals surface area contributed by atoms with Crippen LogP contribution in [0.5, 0.6) is 0 Å². The fraction of sp³-hybridized carbons (Fsp3) is 0.588. The van der Waals surface area contributed by atoms with Gasteiger partial charge in [0.05, 0.1) is 11.0 Å². The second-order valence-corrected chi connectivity index (χ2v) is 5.79. The van der Waals surface area contributed by atoms with Gasteiger partial charge in [-0.3, -0.25) is 0 Å². The number of nitrogens with zero attached hydrogens (tertiary/aromatic N) is 2. The topological polar surface area (TPSA) is 29.9 Å². The lowest BCUT2D eigenvalue weighted by atomic mass is 10.0. The molecule has 0 saturated heterocycles. The summed E-state index contributed by atoms with van der Waals surface area (Å²) in [5, 5.41) is 3.23. The maximum atomic E-state index is 4.88. The zero-order valence-corrected chi connectivity index (χ0v) is 13.2. The Labute approximate surface area is 122 Å². The molecule has 0 aliphatic carbocycles. The Morgan fingerprint density at radius 2 is 2.10 bits per heavy atom. The minimum Gasteiger partial charge on any atom is -0.327 e. The smallest absolute Gasteiger partial charge is 0.109 e. The molecule has 0 bridgehead atoms. The fourth-order valence-corrected chi connectivity index (χ4v) is 2.55. The van der Waals surface area contributed by atoms with Gasteiger partial charge in [0.25, 0.3) is 0 Å². The normalized spacial score (nSPS) is 11.7. The molecule has 0 amide bonds. The molecule has 1 aromatic heterocycles. The second-order valence-electron chi connectivity index (χ2n) is 5.79. The van der Waals surface area contributed by atoms with Crippen LogP contribution >= 0.6 is 0 Å². The highest BCUT2D eigenvalue weighted by Crippen LogP contribution is 2.23. The van der Waals surface area contributed by atoms with Gasteiger partial charge in [0, 0.05) is 19.5 Å². The SMILES string of the molecule is CCCCc1nc2cc(C(C)C)ccc2n1CCNC. The minimum atomic E-state index is 0.556. The van der Waals surface area contributed by atoms with Gasteiger partial charge >= 0.3 is 0 Å². The van der Waals surface area contributed by atoms with Crippen LogP contribution in [0.1, 0.15) is 50.9 Å². The molecule has 0 saturated carbocycles. The van der Waals surface area contributed by atoms with Crippen LogP contribution in [0.2, 0.25) is 0 Å². The summed E-state index contributed by atoms with van der Waals surface area (Å²) in [4.78, 5) is 4.88. The number of fused-ring (bicyclic) bond motifs is 1. The zero-order valence-electron chi connectivity index (χ0n) is 13.2. The molecule has 3 heteroatoms. The molecule has 3 nitrogen and oxygen atoms in total. The summed E-state index contributed by atoms with van der Waals surface area (Å²) in [7, 11) is 2.00. The third kappa shape index (κ3) is 3.21. The molecule has 20 heavy (non-hydrogen) atoms. The first-order chi connectivity index (χ1) is 9.67. The molecule has 0 unspecified atom stereocenters. The molecule has 0 atom stereocenters. The van der Waals surface area contributed by atoms with Gasteiger partial charge in [0.1, 0.15) is 5.82 Å². The Hall–Kier alpha value is -1.35. The quantitative estimate of drug-likeness (QED) is 0.833. The monoisotopic (exact) mass is 273 g/mol. The average Bonchev–Trinajstić information content (AvgIpc) is 2.79. The number of likely N-dealkylation sites (N-methyl/N-ethyl adjacent to an activating group) is 1. The second kappa shape index (κ2) is 6.89. The Bertz CT molecular complexity index is 555. The van der Waals surface area contributed by atoms with Crippen molar-refractivity contribution >= 4 is 11.0 Å². The van der Waals surface area contributed by atoms with Crippen molar-refractivity contribution in [1.82, 2.24) is 14.9 Å². The van der Waals surface area contributed by atoms with E-state index in [2.05, 4.69) is 48.9 Å². The molecular formula is C17H27N3. The van der Waals surface area contributed by atoms with Crippen LogP contribution < -0.4 is 5.32 Å². The molecule has 2 aromatic rings. The van der Waals surface area contributed by atoms with Crippen molar-refractivity contribution in [2.75, 3.05) is 13.6 Å². The lowest BCUT2D eigenvalue weighted by Crippen LogP contribution is -2.16. The zero-order chi connectivity index (χ0) is 14.5. The Balaban J connectivity index is 2.41. The molecule has 1 heterocycles. The van der Waals surface area contributed by atoms with E-state index in [1.165, 1.54) is 29.7 Å². The lowest BCUT2D eigenvalue weighted by Gasteiger charge is -2.09. The van der Waals surface area contributed by atoms with Crippen LogP contribution in [-0.2, 0) is 13.0 Å². The number of hydrogen-bond donors (Lipinski definition) is 1. The molecule has 2 rings (SSSR count). The minimum absolute atomic E-state index is 0.556. The van der Waals surface area contributed by atoms with Crippen molar-refractivity contribution in [3.8, 4) is 0 Å². The van der Waals surface area contributed by atoms with E-state index in [-0.39, 0.29) is 0 Å². The highest BCUT2D eigenvalue weighted by Gasteiger charge is 2.11. The van der Waals surface area contributed by atoms with Gasteiger partial charge in [0.15, 0.2) is 0 Å². The van der Waals surface area contributed by atoms with Gasteiger partial charge in [0.2, 0.25) is 0 Å². The molecule has 0 radical (unpaired) electrons. The van der Waals surface area contributed by atoms with Crippen LogP contribution in [0.15, 0.2) is 18.2 Å². The van der Waals surface area contributed by atoms with Crippen molar-refractivity contribution in [3.05, 3.63) is 29.6 Å². The van der Waals surface area contributed by atoms with E-state index in [4.69, 9.17) is 4.98 Å². The number of imidazole rings is 1. The van der Waals surface area contributed by atoms with E-state index >= 15 is 0 Å². The third-order valence-electron chi connectivity index (χ3n) is 3.86. The van der Waals surface area contributed by atoms with Crippen LogP contribution in [0.4, 0.5) is 0 Å². The third-order valence-corrected chi connectivity index (χ3v) is 3.86. The summed E-state index contributed by atoms with van der Waals surface area (Å²) < 4.78 is 2.38. The van der Waals surface area contributed by atoms with Crippen LogP contribution in [0.25, 0.3) is 11.0 Å². The van der Waals surface area contributed by atoms with Gasteiger partial charge in [-0.25, -0.2) is 4.98 Å². The van der Waals surface area contributed by atoms with Crippen molar-refractivity contribution in [2.24, 2.45) is 0 Å². The molecule has 0 fully saturated rings. The van der Waals surface area contributed by atoms with E-state index in [0.717, 1.165) is 25.0 Å². The molecular weight excluding hydrogens is 246 g/mol. The molecule has 0 aliphatic heterocycles. The largest absolute Gasteiger partial charge is 0.327 e. The standard InChI is InChI=1S/C17H27N3/c1-5-6-7-17-19-15-12-14(13(2)3)8-9-16(15)20(17)11-10-18-4/h8-9,12-13,18H,5-7,10-11H2,1-4H3. The summed E-state index contributed by atoms with van der Waals surface area (Å²) in [6.45, 7) is 8.68. The highest BCUT2D eigenvalue weighted by molar-refractivity contribution is 5.77. The first-order valence-corrected chi connectivity index (χ1v) is 7.81. The van der Waals surface area contributed by atoms with E-state index in [1.807, 2.05) is 7.05 Å². The predicted molar refractivity (Wildman–Crippen MR) is 86.4 cm³/mol. The van der Waals surface area contributed by atoms with Crippen molar-refractivity contribution in [3.63, 3.8) is 0 Å². The molecule has 0 aliphatic rings. The van der Waals surface area contributed by atoms with E-state index < -0.39 is 0 Å². The summed E-state index contributed by atoms with van der Waals surface area (Å²) in [5.41, 5.74) is 3.80. The predicted octanol–water partition coefficient (Wildman–Crippen LogP) is 3.72. The van der Waals surface area contributed by atoms with Crippen LogP contribution in [0, 0.1) is 0 Å². The first kappa shape index (κ1) is 15.0. The van der Waals surface area contributed by atoms with Gasteiger partial charge in [-0.05, 0) is 37.1 Å². The van der Waals surface area contributed by atoms with Crippen molar-refractivity contribution in [2.45, 2.75) is 52.5 Å². The Morgan fingerprint density at radius 1 is 1.30 bits per heavy atom. The van der Waals surface area contributed by atoms with Crippen molar-refractivity contribution in [1.29, 1.82) is 0 Å². The number of hydrogen-bond acceptors (Lipinski definition) is 2. The summed E-state index contributed by atoms with van der Waals surface area (Å²) in [5.74, 6) is 1.79. The maximum Gasteiger partial charge on any atom is 0.109 e. The molecule has 0 spiro atoms. The number of nitrogens with one attached hydrogen (secondary N) is 1. The van der Waals surface area contributed by atoms with Crippen LogP contribution in [0.3, 0.4) is 0 Å². The van der Waals surface area contributed by atoms with Gasteiger partial charge in [-0.2, -0.15) is 0 Å². The van der Waals surface area contributed by atoms with E-state index in [9.17, 15) is 0 Å². The van der Waals surface area contributed by atoms with E-state index in [1.54, 1.807) is 0 Å². The lowest BCUT2D eigenvalue weighted by molar-refractivity contribution is 0.615. The highest BCUT2D eigenvalue weighted by atomic mass is 15.1. The van der Waals surface area contributed by atoms with Crippen molar-refractivity contribution < 1.29 is 0 Å². The maximum absolute atomic E-state index is 4.88. The Kier molecular flexibility index (Phi) is 5.18. The van der Waals surface area contributed by atoms with E-state index in [0.29, 0.717) is 5.92 Å². The number of rotatable bonds is 7. The molecule has 110 valence electrons. The number of unbranched alkanes of at least 4 members (excludes halogenated alkanes) is 1.